The van der Waals surface area contributed by atoms with Crippen molar-refractivity contribution < 1.29 is 36.6 Å². The number of carbonyl (C=O) groups is 2. The minimum absolute atomic E-state index is 0.0874. The second kappa shape index (κ2) is 17.6. The Morgan fingerprint density at radius 1 is 0.705 bits per heavy atom. The van der Waals surface area contributed by atoms with Crippen molar-refractivity contribution in [2.75, 3.05) is 0 Å². The third-order valence-electron chi connectivity index (χ3n) is 6.89. The van der Waals surface area contributed by atoms with Crippen LogP contribution in [0.15, 0.2) is 97.1 Å². The molecule has 44 heavy (non-hydrogen) atoms. The number of aryl methyl sites for hydroxylation is 2. The Morgan fingerprint density at radius 3 is 1.68 bits per heavy atom. The first kappa shape index (κ1) is 34.0. The van der Waals surface area contributed by atoms with E-state index >= 15 is 0 Å². The summed E-state index contributed by atoms with van der Waals surface area (Å²) in [5.74, 6) is -3.94. The minimum atomic E-state index is -0.860. The molecule has 3 rings (SSSR count). The van der Waals surface area contributed by atoms with Gasteiger partial charge in [-0.15, -0.1) is 0 Å². The van der Waals surface area contributed by atoms with Crippen molar-refractivity contribution in [3.63, 3.8) is 0 Å². The highest BCUT2D eigenvalue weighted by Gasteiger charge is 2.16. The number of esters is 2. The molecule has 0 heterocycles. The van der Waals surface area contributed by atoms with Crippen molar-refractivity contribution in [2.24, 2.45) is 0 Å². The van der Waals surface area contributed by atoms with E-state index in [4.69, 9.17) is 9.47 Å². The zero-order chi connectivity index (χ0) is 31.9. The average Bonchev–Trinajstić information content (AvgIpc) is 2.99. The summed E-state index contributed by atoms with van der Waals surface area (Å²) < 4.78 is 65.1. The van der Waals surface area contributed by atoms with E-state index < -0.39 is 35.2 Å². The molecular formula is C36H36F4O4. The number of halogens is 4. The summed E-state index contributed by atoms with van der Waals surface area (Å²) in [7, 11) is 0. The molecule has 0 aliphatic heterocycles. The van der Waals surface area contributed by atoms with Gasteiger partial charge in [0.05, 0.1) is 11.1 Å². The molecule has 0 saturated carbocycles. The van der Waals surface area contributed by atoms with Gasteiger partial charge in [0.2, 0.25) is 0 Å². The standard InChI is InChI=1S/C36H36F4O4/c1-3-29(18-13-25(2)37)43-35(41)31-21-14-26(23-33(31)39)11-9-7-5-4-6-8-10-12-27-15-22-32(34(40)24-27)36(42)44-30-19-16-28(38)17-20-30/h3,13-24H,2,4-12H2,1H3/b18-13-,29-3+. The topological polar surface area (TPSA) is 52.6 Å². The lowest BCUT2D eigenvalue weighted by molar-refractivity contribution is 0.0630. The van der Waals surface area contributed by atoms with Gasteiger partial charge in [-0.05, 0) is 110 Å². The lowest BCUT2D eigenvalue weighted by Crippen LogP contribution is -2.11. The first-order chi connectivity index (χ1) is 21.2. The number of rotatable bonds is 16. The highest BCUT2D eigenvalue weighted by molar-refractivity contribution is 5.91. The normalized spacial score (nSPS) is 11.5. The van der Waals surface area contributed by atoms with Crippen molar-refractivity contribution >= 4 is 11.9 Å². The monoisotopic (exact) mass is 608 g/mol. The molecule has 8 heteroatoms. The maximum Gasteiger partial charge on any atom is 0.346 e. The number of allylic oxidation sites excluding steroid dienone is 4. The van der Waals surface area contributed by atoms with Crippen molar-refractivity contribution in [1.29, 1.82) is 0 Å². The molecule has 0 N–H and O–H groups in total. The predicted molar refractivity (Wildman–Crippen MR) is 162 cm³/mol. The molecular weight excluding hydrogens is 572 g/mol. The van der Waals surface area contributed by atoms with Gasteiger partial charge in [-0.2, -0.15) is 0 Å². The summed E-state index contributed by atoms with van der Waals surface area (Å²) in [6, 6.07) is 13.8. The molecule has 0 atom stereocenters. The summed E-state index contributed by atoms with van der Waals surface area (Å²) in [6.45, 7) is 4.70. The maximum atomic E-state index is 14.5. The van der Waals surface area contributed by atoms with Crippen LogP contribution in [0.3, 0.4) is 0 Å². The Bertz CT molecular complexity index is 1490. The Kier molecular flexibility index (Phi) is 13.6. The van der Waals surface area contributed by atoms with Crippen molar-refractivity contribution in [2.45, 2.75) is 64.7 Å². The number of unbranched alkanes of at least 4 members (excludes halogenated alkanes) is 6. The van der Waals surface area contributed by atoms with Gasteiger partial charge in [0.25, 0.3) is 0 Å². The van der Waals surface area contributed by atoms with Crippen LogP contribution in [0.2, 0.25) is 0 Å². The first-order valence-corrected chi connectivity index (χ1v) is 14.6. The minimum Gasteiger partial charge on any atom is -0.423 e. The Morgan fingerprint density at radius 2 is 1.20 bits per heavy atom. The number of hydrogen-bond donors (Lipinski definition) is 0. The molecule has 0 unspecified atom stereocenters. The molecule has 0 amide bonds. The Labute approximate surface area is 255 Å². The molecule has 4 nitrogen and oxygen atoms in total. The number of ether oxygens (including phenoxy) is 2. The van der Waals surface area contributed by atoms with Crippen molar-refractivity contribution in [3.8, 4) is 5.75 Å². The van der Waals surface area contributed by atoms with Crippen LogP contribution in [0.5, 0.6) is 5.75 Å². The quantitative estimate of drug-likeness (QED) is 0.0406. The lowest BCUT2D eigenvalue weighted by atomic mass is 10.0. The van der Waals surface area contributed by atoms with Gasteiger partial charge in [-0.1, -0.05) is 50.8 Å². The van der Waals surface area contributed by atoms with E-state index in [9.17, 15) is 27.2 Å². The van der Waals surface area contributed by atoms with Crippen molar-refractivity contribution in [1.82, 2.24) is 0 Å². The van der Waals surface area contributed by atoms with Crippen LogP contribution in [0.4, 0.5) is 17.6 Å². The summed E-state index contributed by atoms with van der Waals surface area (Å²) in [5.41, 5.74) is 1.23. The zero-order valence-electron chi connectivity index (χ0n) is 24.7. The summed E-state index contributed by atoms with van der Waals surface area (Å²) >= 11 is 0. The number of hydrogen-bond acceptors (Lipinski definition) is 4. The van der Waals surface area contributed by atoms with Gasteiger partial charge in [-0.25, -0.2) is 27.2 Å². The molecule has 0 spiro atoms. The highest BCUT2D eigenvalue weighted by atomic mass is 19.1. The molecule has 0 radical (unpaired) electrons. The van der Waals surface area contributed by atoms with E-state index in [1.807, 2.05) is 0 Å². The summed E-state index contributed by atoms with van der Waals surface area (Å²) in [5, 5.41) is 0. The second-order valence-electron chi connectivity index (χ2n) is 10.3. The largest absolute Gasteiger partial charge is 0.423 e. The van der Waals surface area contributed by atoms with Gasteiger partial charge in [0.15, 0.2) is 0 Å². The van der Waals surface area contributed by atoms with Crippen LogP contribution in [-0.4, -0.2) is 11.9 Å². The Hall–Kier alpha value is -4.46. The van der Waals surface area contributed by atoms with Crippen molar-refractivity contribution in [3.05, 3.63) is 137 Å². The molecule has 0 aromatic heterocycles. The molecule has 0 bridgehead atoms. The fourth-order valence-corrected chi connectivity index (χ4v) is 4.49. The van der Waals surface area contributed by atoms with Crippen LogP contribution in [0.1, 0.15) is 83.7 Å². The summed E-state index contributed by atoms with van der Waals surface area (Å²) in [4.78, 5) is 24.5. The smallest absolute Gasteiger partial charge is 0.346 e. The fraction of sp³-hybridized carbons (Fsp3) is 0.278. The molecule has 0 saturated heterocycles. The molecule has 0 fully saturated rings. The third-order valence-corrected chi connectivity index (χ3v) is 6.89. The van der Waals surface area contributed by atoms with Crippen LogP contribution in [0.25, 0.3) is 0 Å². The predicted octanol–water partition coefficient (Wildman–Crippen LogP) is 9.94. The lowest BCUT2D eigenvalue weighted by Gasteiger charge is -2.08. The van der Waals surface area contributed by atoms with Crippen LogP contribution >= 0.6 is 0 Å². The Balaban J connectivity index is 1.30. The first-order valence-electron chi connectivity index (χ1n) is 14.6. The van der Waals surface area contributed by atoms with Gasteiger partial charge < -0.3 is 9.47 Å². The summed E-state index contributed by atoms with van der Waals surface area (Å²) in [6.07, 6.45) is 12.0. The van der Waals surface area contributed by atoms with E-state index in [2.05, 4.69) is 6.58 Å². The third kappa shape index (κ3) is 11.3. The molecule has 0 aliphatic carbocycles. The van der Waals surface area contributed by atoms with Gasteiger partial charge in [0, 0.05) is 0 Å². The molecule has 3 aromatic rings. The highest BCUT2D eigenvalue weighted by Crippen LogP contribution is 2.19. The van der Waals surface area contributed by atoms with Crippen LogP contribution < -0.4 is 4.74 Å². The van der Waals surface area contributed by atoms with E-state index in [0.717, 1.165) is 74.3 Å². The second-order valence-corrected chi connectivity index (χ2v) is 10.3. The van der Waals surface area contributed by atoms with E-state index in [1.54, 1.807) is 19.1 Å². The molecule has 3 aromatic carbocycles. The van der Waals surface area contributed by atoms with Crippen LogP contribution in [0, 0.1) is 17.5 Å². The van der Waals surface area contributed by atoms with Gasteiger partial charge >= 0.3 is 11.9 Å². The van der Waals surface area contributed by atoms with E-state index in [0.29, 0.717) is 12.8 Å². The van der Waals surface area contributed by atoms with Crippen LogP contribution in [-0.2, 0) is 17.6 Å². The fourth-order valence-electron chi connectivity index (χ4n) is 4.49. The van der Waals surface area contributed by atoms with Gasteiger partial charge in [0.1, 0.15) is 34.8 Å². The molecule has 232 valence electrons. The van der Waals surface area contributed by atoms with E-state index in [-0.39, 0.29) is 22.6 Å². The zero-order valence-corrected chi connectivity index (χ0v) is 24.7. The van der Waals surface area contributed by atoms with E-state index in [1.165, 1.54) is 48.6 Å². The SMILES string of the molecule is C=C(F)/C=C\C(=C/C)OC(=O)c1ccc(CCCCCCCCCc2ccc(C(=O)Oc3ccc(F)cc3)c(F)c2)cc1F. The maximum absolute atomic E-state index is 14.5. The average molecular weight is 609 g/mol. The molecule has 0 aliphatic rings. The van der Waals surface area contributed by atoms with Gasteiger partial charge in [-0.3, -0.25) is 0 Å². The number of carbonyl (C=O) groups excluding carboxylic acids is 2. The number of benzene rings is 3.